The lowest BCUT2D eigenvalue weighted by Gasteiger charge is -2.12. The molecule has 1 aromatic heterocycles. The van der Waals surface area contributed by atoms with E-state index in [9.17, 15) is 9.59 Å². The molecule has 2 amide bonds. The molecule has 0 radical (unpaired) electrons. The number of furan rings is 1. The predicted molar refractivity (Wildman–Crippen MR) is 105 cm³/mol. The molecule has 0 aliphatic rings. The summed E-state index contributed by atoms with van der Waals surface area (Å²) in [5, 5.41) is 5.96. The minimum atomic E-state index is -0.456. The summed E-state index contributed by atoms with van der Waals surface area (Å²) < 4.78 is 5.27. The largest absolute Gasteiger partial charge is 0.465 e. The normalized spacial score (nSPS) is 11.1. The second kappa shape index (κ2) is 8.38. The van der Waals surface area contributed by atoms with Gasteiger partial charge in [0.2, 0.25) is 0 Å². The van der Waals surface area contributed by atoms with E-state index in [1.807, 2.05) is 25.1 Å². The number of amides is 2. The van der Waals surface area contributed by atoms with E-state index in [4.69, 9.17) is 16.0 Å². The Morgan fingerprint density at radius 2 is 1.74 bits per heavy atom. The van der Waals surface area contributed by atoms with Crippen molar-refractivity contribution in [3.05, 3.63) is 94.5 Å². The molecular formula is C21H17ClN2O3. The summed E-state index contributed by atoms with van der Waals surface area (Å²) in [4.78, 5) is 25.3. The van der Waals surface area contributed by atoms with Crippen LogP contribution in [-0.4, -0.2) is 11.8 Å². The monoisotopic (exact) mass is 380 g/mol. The Bertz CT molecular complexity index is 977. The molecule has 0 aliphatic carbocycles. The number of aryl methyl sites for hydroxylation is 1. The van der Waals surface area contributed by atoms with Gasteiger partial charge < -0.3 is 15.1 Å². The lowest BCUT2D eigenvalue weighted by Crippen LogP contribution is -2.30. The lowest BCUT2D eigenvalue weighted by atomic mass is 10.2. The first-order valence-corrected chi connectivity index (χ1v) is 8.60. The number of carbonyl (C=O) groups excluding carboxylic acids is 2. The van der Waals surface area contributed by atoms with Crippen LogP contribution < -0.4 is 10.6 Å². The Labute approximate surface area is 161 Å². The van der Waals surface area contributed by atoms with Crippen LogP contribution in [0.1, 0.15) is 21.7 Å². The Balaban J connectivity index is 1.85. The standard InChI is InChI=1S/C21H17ClN2O3/c1-14-5-2-3-7-18(14)23-21(26)19(13-17-6-4-12-27-17)24-20(25)15-8-10-16(22)11-9-15/h2-13H,1H3,(H,23,26)(H,24,25)/b19-13-. The van der Waals surface area contributed by atoms with E-state index < -0.39 is 11.8 Å². The van der Waals surface area contributed by atoms with Crippen molar-refractivity contribution in [1.82, 2.24) is 5.32 Å². The van der Waals surface area contributed by atoms with E-state index in [0.717, 1.165) is 5.56 Å². The van der Waals surface area contributed by atoms with Gasteiger partial charge >= 0.3 is 0 Å². The number of hydrogen-bond acceptors (Lipinski definition) is 3. The SMILES string of the molecule is Cc1ccccc1NC(=O)/C(=C/c1ccco1)NC(=O)c1ccc(Cl)cc1. The maximum atomic E-state index is 12.8. The molecule has 0 bridgehead atoms. The molecule has 0 unspecified atom stereocenters. The molecule has 0 saturated heterocycles. The molecule has 3 aromatic rings. The molecule has 0 fully saturated rings. The van der Waals surface area contributed by atoms with Crippen molar-refractivity contribution in [1.29, 1.82) is 0 Å². The Hall–Kier alpha value is -3.31. The van der Waals surface area contributed by atoms with Gasteiger partial charge in [0, 0.05) is 22.3 Å². The second-order valence-electron chi connectivity index (χ2n) is 5.80. The van der Waals surface area contributed by atoms with Crippen LogP contribution in [0, 0.1) is 6.92 Å². The fraction of sp³-hybridized carbons (Fsp3) is 0.0476. The van der Waals surface area contributed by atoms with Gasteiger partial charge in [-0.15, -0.1) is 0 Å². The highest BCUT2D eigenvalue weighted by atomic mass is 35.5. The zero-order valence-corrected chi connectivity index (χ0v) is 15.3. The molecule has 136 valence electrons. The van der Waals surface area contributed by atoms with Gasteiger partial charge in [0.25, 0.3) is 11.8 Å². The number of anilines is 1. The highest BCUT2D eigenvalue weighted by molar-refractivity contribution is 6.30. The van der Waals surface area contributed by atoms with Gasteiger partial charge in [0.05, 0.1) is 6.26 Å². The van der Waals surface area contributed by atoms with E-state index in [2.05, 4.69) is 10.6 Å². The topological polar surface area (TPSA) is 71.3 Å². The third-order valence-corrected chi connectivity index (χ3v) is 4.07. The van der Waals surface area contributed by atoms with E-state index in [-0.39, 0.29) is 5.70 Å². The fourth-order valence-electron chi connectivity index (χ4n) is 2.37. The van der Waals surface area contributed by atoms with E-state index in [1.54, 1.807) is 42.5 Å². The zero-order valence-electron chi connectivity index (χ0n) is 14.5. The van der Waals surface area contributed by atoms with Crippen LogP contribution in [-0.2, 0) is 4.79 Å². The number of benzene rings is 2. The van der Waals surface area contributed by atoms with Gasteiger partial charge in [-0.05, 0) is 55.0 Å². The van der Waals surface area contributed by atoms with Crippen molar-refractivity contribution in [2.75, 3.05) is 5.32 Å². The molecule has 6 heteroatoms. The number of para-hydroxylation sites is 1. The van der Waals surface area contributed by atoms with Crippen LogP contribution in [0.3, 0.4) is 0 Å². The molecule has 0 aliphatic heterocycles. The summed E-state index contributed by atoms with van der Waals surface area (Å²) in [7, 11) is 0. The minimum absolute atomic E-state index is 0.0631. The van der Waals surface area contributed by atoms with Crippen molar-refractivity contribution in [2.24, 2.45) is 0 Å². The highest BCUT2D eigenvalue weighted by Crippen LogP contribution is 2.16. The van der Waals surface area contributed by atoms with Crippen molar-refractivity contribution in [3.8, 4) is 0 Å². The van der Waals surface area contributed by atoms with Gasteiger partial charge in [0.15, 0.2) is 0 Å². The minimum Gasteiger partial charge on any atom is -0.465 e. The third-order valence-electron chi connectivity index (χ3n) is 3.82. The molecule has 27 heavy (non-hydrogen) atoms. The average molecular weight is 381 g/mol. The Morgan fingerprint density at radius 3 is 2.41 bits per heavy atom. The summed E-state index contributed by atoms with van der Waals surface area (Å²) in [6.07, 6.45) is 2.96. The van der Waals surface area contributed by atoms with Gasteiger partial charge in [0.1, 0.15) is 11.5 Å². The molecule has 3 rings (SSSR count). The summed E-state index contributed by atoms with van der Waals surface area (Å²) in [5.74, 6) is -0.436. The molecule has 0 spiro atoms. The second-order valence-corrected chi connectivity index (χ2v) is 6.24. The molecular weight excluding hydrogens is 364 g/mol. The van der Waals surface area contributed by atoms with Crippen LogP contribution in [0.4, 0.5) is 5.69 Å². The summed E-state index contributed by atoms with van der Waals surface area (Å²) in [5.41, 5.74) is 2.02. The van der Waals surface area contributed by atoms with Gasteiger partial charge in [-0.1, -0.05) is 29.8 Å². The zero-order chi connectivity index (χ0) is 19.2. The lowest BCUT2D eigenvalue weighted by molar-refractivity contribution is -0.113. The average Bonchev–Trinajstić information content (AvgIpc) is 3.16. The maximum Gasteiger partial charge on any atom is 0.272 e. The van der Waals surface area contributed by atoms with Gasteiger partial charge in [-0.2, -0.15) is 0 Å². The van der Waals surface area contributed by atoms with Crippen LogP contribution in [0.2, 0.25) is 5.02 Å². The number of carbonyl (C=O) groups is 2. The molecule has 1 heterocycles. The van der Waals surface area contributed by atoms with Crippen LogP contribution in [0.5, 0.6) is 0 Å². The quantitative estimate of drug-likeness (QED) is 0.633. The number of rotatable bonds is 5. The molecule has 5 nitrogen and oxygen atoms in total. The number of hydrogen-bond donors (Lipinski definition) is 2. The molecule has 2 N–H and O–H groups in total. The van der Waals surface area contributed by atoms with E-state index in [1.165, 1.54) is 12.3 Å². The summed E-state index contributed by atoms with van der Waals surface area (Å²) >= 11 is 5.85. The van der Waals surface area contributed by atoms with Crippen LogP contribution in [0.15, 0.2) is 77.0 Å². The highest BCUT2D eigenvalue weighted by Gasteiger charge is 2.16. The molecule has 2 aromatic carbocycles. The smallest absolute Gasteiger partial charge is 0.272 e. The van der Waals surface area contributed by atoms with Crippen molar-refractivity contribution < 1.29 is 14.0 Å². The number of nitrogens with one attached hydrogen (secondary N) is 2. The molecule has 0 saturated carbocycles. The Morgan fingerprint density at radius 1 is 1.00 bits per heavy atom. The van der Waals surface area contributed by atoms with Gasteiger partial charge in [-0.3, -0.25) is 9.59 Å². The maximum absolute atomic E-state index is 12.8. The van der Waals surface area contributed by atoms with E-state index >= 15 is 0 Å². The van der Waals surface area contributed by atoms with Crippen molar-refractivity contribution in [2.45, 2.75) is 6.92 Å². The van der Waals surface area contributed by atoms with Crippen LogP contribution in [0.25, 0.3) is 6.08 Å². The summed E-state index contributed by atoms with van der Waals surface area (Å²) in [6, 6.07) is 17.2. The van der Waals surface area contributed by atoms with Gasteiger partial charge in [-0.25, -0.2) is 0 Å². The first kappa shape index (κ1) is 18.5. The van der Waals surface area contributed by atoms with Crippen LogP contribution >= 0.6 is 11.6 Å². The Kier molecular flexibility index (Phi) is 5.74. The van der Waals surface area contributed by atoms with E-state index in [0.29, 0.717) is 22.0 Å². The first-order chi connectivity index (χ1) is 13.0. The fourth-order valence-corrected chi connectivity index (χ4v) is 2.50. The van der Waals surface area contributed by atoms with Crippen molar-refractivity contribution in [3.63, 3.8) is 0 Å². The van der Waals surface area contributed by atoms with Crippen molar-refractivity contribution >= 4 is 35.2 Å². The first-order valence-electron chi connectivity index (χ1n) is 8.22. The number of halogens is 1. The predicted octanol–water partition coefficient (Wildman–Crippen LogP) is 4.65. The third kappa shape index (κ3) is 4.86. The molecule has 0 atom stereocenters. The summed E-state index contributed by atoms with van der Waals surface area (Å²) in [6.45, 7) is 1.89.